The van der Waals surface area contributed by atoms with Gasteiger partial charge in [-0.25, -0.2) is 0 Å². The number of rotatable bonds is 7. The number of nitrogens with two attached hydrogens (primary N) is 1. The van der Waals surface area contributed by atoms with Crippen molar-refractivity contribution < 1.29 is 17.4 Å². The second-order valence-electron chi connectivity index (χ2n) is 7.43. The molecule has 1 heterocycles. The number of halogens is 2. The summed E-state index contributed by atoms with van der Waals surface area (Å²) in [5.41, 5.74) is 6.15. The Hall–Kier alpha value is -2.30. The normalized spacial score (nSPS) is 12.2. The molecule has 0 aliphatic carbocycles. The molecule has 0 bridgehead atoms. The first-order valence-corrected chi connectivity index (χ1v) is 11.6. The summed E-state index contributed by atoms with van der Waals surface area (Å²) in [5, 5.41) is 8.78. The van der Waals surface area contributed by atoms with Crippen LogP contribution in [-0.4, -0.2) is 35.2 Å². The largest absolute Gasteiger partial charge is 0.319 e. The number of hydrogen-bond acceptors (Lipinski definition) is 7. The van der Waals surface area contributed by atoms with Crippen LogP contribution < -0.4 is 5.73 Å². The van der Waals surface area contributed by atoms with Gasteiger partial charge in [0.05, 0.1) is 22.5 Å². The molecule has 2 N–H and O–H groups in total. The number of aromatic nitrogens is 3. The molecule has 0 spiro atoms. The van der Waals surface area contributed by atoms with Crippen molar-refractivity contribution in [1.82, 2.24) is 14.8 Å². The average Bonchev–Trinajstić information content (AvgIpc) is 3.10. The fourth-order valence-corrected chi connectivity index (χ4v) is 3.63. The fraction of sp³-hybridized carbons (Fsp3) is 0.250. The van der Waals surface area contributed by atoms with Crippen molar-refractivity contribution in [3.05, 3.63) is 75.3 Å². The van der Waals surface area contributed by atoms with Crippen LogP contribution >= 0.6 is 23.2 Å². The fourth-order valence-electron chi connectivity index (χ4n) is 2.92. The zero-order chi connectivity index (χ0) is 23.0. The van der Waals surface area contributed by atoms with Crippen LogP contribution in [0.3, 0.4) is 0 Å². The molecule has 0 saturated carbocycles. The van der Waals surface area contributed by atoms with Crippen LogP contribution in [0.1, 0.15) is 41.4 Å². The summed E-state index contributed by atoms with van der Waals surface area (Å²) in [7, 11) is -3.75. The van der Waals surface area contributed by atoms with E-state index in [-0.39, 0.29) is 27.8 Å². The molecule has 164 valence electrons. The standard InChI is InChI=1S/C20H20Cl2N4O4S/c1-20(2,23)19-25-24-17(11-30-31(3,28)29)26(19)16-9-8-12(21)10-14(16)18(27)13-6-4-5-7-15(13)22/h4-10H,11,23H2,1-3H3. The third-order valence-corrected chi connectivity index (χ3v) is 5.38. The van der Waals surface area contributed by atoms with Crippen molar-refractivity contribution in [2.75, 3.05) is 6.26 Å². The molecule has 0 aliphatic heterocycles. The van der Waals surface area contributed by atoms with Crippen molar-refractivity contribution in [2.45, 2.75) is 26.0 Å². The molecule has 11 heteroatoms. The van der Waals surface area contributed by atoms with E-state index in [1.54, 1.807) is 50.2 Å². The minimum Gasteiger partial charge on any atom is -0.319 e. The van der Waals surface area contributed by atoms with Gasteiger partial charge in [0, 0.05) is 16.1 Å². The van der Waals surface area contributed by atoms with E-state index in [1.165, 1.54) is 10.6 Å². The Labute approximate surface area is 190 Å². The predicted octanol–water partition coefficient (Wildman–Crippen LogP) is 3.48. The van der Waals surface area contributed by atoms with Crippen molar-refractivity contribution >= 4 is 39.1 Å². The van der Waals surface area contributed by atoms with E-state index in [0.717, 1.165) is 6.26 Å². The van der Waals surface area contributed by atoms with Gasteiger partial charge in [-0.2, -0.15) is 8.42 Å². The van der Waals surface area contributed by atoms with E-state index in [1.807, 2.05) is 0 Å². The molecule has 3 aromatic rings. The van der Waals surface area contributed by atoms with Crippen LogP contribution in [0.4, 0.5) is 0 Å². The van der Waals surface area contributed by atoms with Gasteiger partial charge in [-0.3, -0.25) is 13.5 Å². The highest BCUT2D eigenvalue weighted by Crippen LogP contribution is 2.29. The molecule has 8 nitrogen and oxygen atoms in total. The maximum atomic E-state index is 13.4. The number of carbonyl (C=O) groups excluding carboxylic acids is 1. The number of carbonyl (C=O) groups is 1. The molecule has 0 atom stereocenters. The number of nitrogens with zero attached hydrogens (tertiary/aromatic N) is 3. The summed E-state index contributed by atoms with van der Waals surface area (Å²) in [5.74, 6) is 0.0668. The monoisotopic (exact) mass is 482 g/mol. The zero-order valence-corrected chi connectivity index (χ0v) is 19.3. The zero-order valence-electron chi connectivity index (χ0n) is 17.0. The molecular weight excluding hydrogens is 463 g/mol. The van der Waals surface area contributed by atoms with Crippen LogP contribution in [-0.2, 0) is 26.4 Å². The molecular formula is C20H20Cl2N4O4S. The van der Waals surface area contributed by atoms with E-state index < -0.39 is 22.3 Å². The maximum absolute atomic E-state index is 13.4. The van der Waals surface area contributed by atoms with E-state index in [9.17, 15) is 13.2 Å². The Morgan fingerprint density at radius 2 is 1.81 bits per heavy atom. The molecule has 3 rings (SSSR count). The molecule has 0 radical (unpaired) electrons. The van der Waals surface area contributed by atoms with Crippen LogP contribution in [0, 0.1) is 0 Å². The predicted molar refractivity (Wildman–Crippen MR) is 118 cm³/mol. The SMILES string of the molecule is CC(C)(N)c1nnc(COS(C)(=O)=O)n1-c1ccc(Cl)cc1C(=O)c1ccccc1Cl. The summed E-state index contributed by atoms with van der Waals surface area (Å²) >= 11 is 12.4. The highest BCUT2D eigenvalue weighted by atomic mass is 35.5. The molecule has 0 saturated heterocycles. The van der Waals surface area contributed by atoms with Gasteiger partial charge < -0.3 is 5.73 Å². The Bertz CT molecular complexity index is 1250. The van der Waals surface area contributed by atoms with Crippen LogP contribution in [0.15, 0.2) is 42.5 Å². The van der Waals surface area contributed by atoms with Crippen LogP contribution in [0.2, 0.25) is 10.0 Å². The topological polar surface area (TPSA) is 117 Å². The van der Waals surface area contributed by atoms with Crippen LogP contribution in [0.5, 0.6) is 0 Å². The smallest absolute Gasteiger partial charge is 0.264 e. The molecule has 0 amide bonds. The highest BCUT2D eigenvalue weighted by molar-refractivity contribution is 7.85. The van der Waals surface area contributed by atoms with Gasteiger partial charge in [0.25, 0.3) is 10.1 Å². The van der Waals surface area contributed by atoms with Gasteiger partial charge in [-0.1, -0.05) is 35.3 Å². The van der Waals surface area contributed by atoms with Gasteiger partial charge >= 0.3 is 0 Å². The lowest BCUT2D eigenvalue weighted by Gasteiger charge is -2.21. The van der Waals surface area contributed by atoms with Gasteiger partial charge in [-0.05, 0) is 44.2 Å². The first-order chi connectivity index (χ1) is 14.4. The third-order valence-electron chi connectivity index (χ3n) is 4.27. The van der Waals surface area contributed by atoms with Crippen LogP contribution in [0.25, 0.3) is 5.69 Å². The summed E-state index contributed by atoms with van der Waals surface area (Å²) in [6, 6.07) is 11.3. The maximum Gasteiger partial charge on any atom is 0.264 e. The second-order valence-corrected chi connectivity index (χ2v) is 9.92. The summed E-state index contributed by atoms with van der Waals surface area (Å²) < 4.78 is 29.4. The van der Waals surface area contributed by atoms with Crippen molar-refractivity contribution in [2.24, 2.45) is 5.73 Å². The van der Waals surface area contributed by atoms with Gasteiger partial charge in [0.1, 0.15) is 6.61 Å². The summed E-state index contributed by atoms with van der Waals surface area (Å²) in [6.07, 6.45) is 0.927. The van der Waals surface area contributed by atoms with Gasteiger partial charge in [0.15, 0.2) is 17.4 Å². The lowest BCUT2D eigenvalue weighted by molar-refractivity contribution is 0.103. The van der Waals surface area contributed by atoms with Crippen molar-refractivity contribution in [3.8, 4) is 5.69 Å². The van der Waals surface area contributed by atoms with Gasteiger partial charge in [-0.15, -0.1) is 10.2 Å². The highest BCUT2D eigenvalue weighted by Gasteiger charge is 2.28. The number of ketones is 1. The van der Waals surface area contributed by atoms with E-state index in [4.69, 9.17) is 33.1 Å². The Kier molecular flexibility index (Phi) is 6.54. The minimum atomic E-state index is -3.75. The molecule has 1 aromatic heterocycles. The first-order valence-electron chi connectivity index (χ1n) is 9.05. The average molecular weight is 483 g/mol. The lowest BCUT2D eigenvalue weighted by atomic mass is 10.00. The van der Waals surface area contributed by atoms with E-state index in [0.29, 0.717) is 16.5 Å². The Morgan fingerprint density at radius 1 is 1.13 bits per heavy atom. The van der Waals surface area contributed by atoms with Crippen molar-refractivity contribution in [3.63, 3.8) is 0 Å². The number of benzene rings is 2. The molecule has 0 unspecified atom stereocenters. The number of hydrogen-bond donors (Lipinski definition) is 1. The third kappa shape index (κ3) is 5.31. The van der Waals surface area contributed by atoms with E-state index in [2.05, 4.69) is 10.2 Å². The second kappa shape index (κ2) is 8.68. The quantitative estimate of drug-likeness (QED) is 0.404. The van der Waals surface area contributed by atoms with Crippen molar-refractivity contribution in [1.29, 1.82) is 0 Å². The molecule has 2 aromatic carbocycles. The summed E-state index contributed by atoms with van der Waals surface area (Å²) in [4.78, 5) is 13.4. The van der Waals surface area contributed by atoms with E-state index >= 15 is 0 Å². The first kappa shape index (κ1) is 23.4. The minimum absolute atomic E-state index is 0.148. The Morgan fingerprint density at radius 3 is 2.42 bits per heavy atom. The molecule has 31 heavy (non-hydrogen) atoms. The lowest BCUT2D eigenvalue weighted by Crippen LogP contribution is -2.33. The Balaban J connectivity index is 2.24. The molecule has 0 fully saturated rings. The molecule has 0 aliphatic rings. The summed E-state index contributed by atoms with van der Waals surface area (Å²) in [6.45, 7) is 3.02. The van der Waals surface area contributed by atoms with Gasteiger partial charge in [0.2, 0.25) is 0 Å².